The van der Waals surface area contributed by atoms with Crippen molar-refractivity contribution in [2.24, 2.45) is 0 Å². The van der Waals surface area contributed by atoms with E-state index in [9.17, 15) is 4.79 Å². The summed E-state index contributed by atoms with van der Waals surface area (Å²) < 4.78 is 6.66. The van der Waals surface area contributed by atoms with Gasteiger partial charge < -0.3 is 9.73 Å². The van der Waals surface area contributed by atoms with Gasteiger partial charge in [0.1, 0.15) is 11.6 Å². The number of nitrogens with zero attached hydrogens (tertiary/aromatic N) is 1. The lowest BCUT2D eigenvalue weighted by Gasteiger charge is -2.10. The Bertz CT molecular complexity index is 763. The van der Waals surface area contributed by atoms with E-state index in [0.29, 0.717) is 12.3 Å². The van der Waals surface area contributed by atoms with Crippen molar-refractivity contribution in [3.05, 3.63) is 64.5 Å². The Hall–Kier alpha value is -2.14. The number of oxazole rings is 1. The van der Waals surface area contributed by atoms with E-state index < -0.39 is 0 Å². The second kappa shape index (κ2) is 6.32. The van der Waals surface area contributed by atoms with Gasteiger partial charge in [-0.3, -0.25) is 4.79 Å². The number of para-hydroxylation sites is 2. The van der Waals surface area contributed by atoms with Gasteiger partial charge in [0.05, 0.1) is 6.42 Å². The summed E-state index contributed by atoms with van der Waals surface area (Å²) in [6.07, 6.45) is 0.331. The van der Waals surface area contributed by atoms with Crippen molar-refractivity contribution in [1.29, 1.82) is 0 Å². The number of benzene rings is 2. The first kappa shape index (κ1) is 14.8. The van der Waals surface area contributed by atoms with Crippen LogP contribution >= 0.6 is 15.9 Å². The molecule has 3 aromatic rings. The Kier molecular flexibility index (Phi) is 4.24. The first-order valence-corrected chi connectivity index (χ1v) is 7.80. The zero-order chi connectivity index (χ0) is 15.5. The molecule has 1 N–H and O–H groups in total. The molecule has 0 saturated carbocycles. The van der Waals surface area contributed by atoms with Crippen molar-refractivity contribution in [2.45, 2.75) is 19.4 Å². The molecule has 1 atom stereocenters. The zero-order valence-corrected chi connectivity index (χ0v) is 13.6. The number of fused-ring (bicyclic) bond motifs is 1. The van der Waals surface area contributed by atoms with E-state index in [-0.39, 0.29) is 11.9 Å². The molecule has 0 radical (unpaired) electrons. The summed E-state index contributed by atoms with van der Waals surface area (Å²) in [5, 5.41) is 2.91. The highest BCUT2D eigenvalue weighted by Gasteiger charge is 2.15. The fourth-order valence-electron chi connectivity index (χ4n) is 2.22. The van der Waals surface area contributed by atoms with E-state index >= 15 is 0 Å². The predicted molar refractivity (Wildman–Crippen MR) is 88.4 cm³/mol. The highest BCUT2D eigenvalue weighted by Crippen LogP contribution is 2.19. The van der Waals surface area contributed by atoms with Gasteiger partial charge in [-0.25, -0.2) is 4.98 Å². The number of rotatable bonds is 4. The molecule has 0 aliphatic carbocycles. The van der Waals surface area contributed by atoms with Crippen LogP contribution in [0.1, 0.15) is 24.4 Å². The highest BCUT2D eigenvalue weighted by atomic mass is 79.9. The molecule has 4 nitrogen and oxygen atoms in total. The molecular formula is C17H15BrN2O2. The summed E-state index contributed by atoms with van der Waals surface area (Å²) in [6.45, 7) is 1.87. The van der Waals surface area contributed by atoms with Crippen molar-refractivity contribution in [1.82, 2.24) is 10.3 Å². The predicted octanol–water partition coefficient (Wildman–Crippen LogP) is 4.01. The fourth-order valence-corrected chi connectivity index (χ4v) is 2.48. The van der Waals surface area contributed by atoms with Crippen LogP contribution in [0.3, 0.4) is 0 Å². The lowest BCUT2D eigenvalue weighted by Crippen LogP contribution is -2.28. The Morgan fingerprint density at radius 2 is 1.95 bits per heavy atom. The van der Waals surface area contributed by atoms with Gasteiger partial charge in [-0.05, 0) is 36.8 Å². The number of halogens is 1. The van der Waals surface area contributed by atoms with Crippen LogP contribution in [-0.2, 0) is 11.2 Å². The molecule has 5 heteroatoms. The molecule has 0 fully saturated rings. The van der Waals surface area contributed by atoms with Crippen LogP contribution in [0.2, 0.25) is 0 Å². The summed E-state index contributed by atoms with van der Waals surface area (Å²) in [7, 11) is 0. The number of carbonyl (C=O) groups is 1. The second-order valence-corrected chi connectivity index (χ2v) is 6.03. The normalized spacial score (nSPS) is 12.3. The third-order valence-corrected chi connectivity index (χ3v) is 3.86. The number of amides is 1. The molecule has 2 aromatic carbocycles. The van der Waals surface area contributed by atoms with E-state index in [0.717, 1.165) is 21.1 Å². The van der Waals surface area contributed by atoms with Gasteiger partial charge in [-0.15, -0.1) is 0 Å². The first-order chi connectivity index (χ1) is 10.6. The second-order valence-electron chi connectivity index (χ2n) is 5.11. The number of hydrogen-bond acceptors (Lipinski definition) is 3. The molecule has 112 valence electrons. The Balaban J connectivity index is 1.66. The minimum absolute atomic E-state index is 0.0583. The molecule has 0 aliphatic rings. The molecule has 1 unspecified atom stereocenters. The molecule has 22 heavy (non-hydrogen) atoms. The van der Waals surface area contributed by atoms with Gasteiger partial charge in [0.25, 0.3) is 0 Å². The fraction of sp³-hybridized carbons (Fsp3) is 0.176. The Morgan fingerprint density at radius 3 is 2.68 bits per heavy atom. The van der Waals surface area contributed by atoms with Crippen molar-refractivity contribution in [3.63, 3.8) is 0 Å². The average molecular weight is 359 g/mol. The maximum atomic E-state index is 12.1. The van der Waals surface area contributed by atoms with Crippen LogP contribution < -0.4 is 5.32 Å². The SMILES string of the molecule is CC(NC(=O)Cc1ccc(Br)cc1)c1nc2ccccc2o1. The van der Waals surface area contributed by atoms with Gasteiger partial charge in [-0.1, -0.05) is 40.2 Å². The van der Waals surface area contributed by atoms with E-state index in [1.807, 2.05) is 55.5 Å². The molecule has 0 spiro atoms. The Labute approximate surface area is 136 Å². The topological polar surface area (TPSA) is 55.1 Å². The molecule has 1 heterocycles. The van der Waals surface area contributed by atoms with Gasteiger partial charge in [0, 0.05) is 4.47 Å². The summed E-state index contributed by atoms with van der Waals surface area (Å²) in [6, 6.07) is 15.0. The van der Waals surface area contributed by atoms with Crippen molar-refractivity contribution in [3.8, 4) is 0 Å². The summed E-state index contributed by atoms with van der Waals surface area (Å²) in [4.78, 5) is 16.5. The van der Waals surface area contributed by atoms with E-state index in [2.05, 4.69) is 26.2 Å². The summed E-state index contributed by atoms with van der Waals surface area (Å²) >= 11 is 3.38. The standard InChI is InChI=1S/C17H15BrN2O2/c1-11(17-20-14-4-2-3-5-15(14)22-17)19-16(21)10-12-6-8-13(18)9-7-12/h2-9,11H,10H2,1H3,(H,19,21). The van der Waals surface area contributed by atoms with Gasteiger partial charge in [0.2, 0.25) is 11.8 Å². The van der Waals surface area contributed by atoms with Gasteiger partial charge in [-0.2, -0.15) is 0 Å². The highest BCUT2D eigenvalue weighted by molar-refractivity contribution is 9.10. The first-order valence-electron chi connectivity index (χ1n) is 7.01. The number of nitrogens with one attached hydrogen (secondary N) is 1. The summed E-state index contributed by atoms with van der Waals surface area (Å²) in [5.41, 5.74) is 2.49. The number of carbonyl (C=O) groups excluding carboxylic acids is 1. The average Bonchev–Trinajstić information content (AvgIpc) is 2.93. The number of aromatic nitrogens is 1. The van der Waals surface area contributed by atoms with Crippen LogP contribution in [0.4, 0.5) is 0 Å². The summed E-state index contributed by atoms with van der Waals surface area (Å²) in [5.74, 6) is 0.461. The van der Waals surface area contributed by atoms with Crippen LogP contribution in [0, 0.1) is 0 Å². The third-order valence-electron chi connectivity index (χ3n) is 3.34. The van der Waals surface area contributed by atoms with Crippen LogP contribution in [0.15, 0.2) is 57.4 Å². The van der Waals surface area contributed by atoms with Crippen molar-refractivity contribution >= 4 is 32.9 Å². The van der Waals surface area contributed by atoms with E-state index in [4.69, 9.17) is 4.42 Å². The van der Waals surface area contributed by atoms with Crippen LogP contribution in [0.5, 0.6) is 0 Å². The molecule has 0 aliphatic heterocycles. The van der Waals surface area contributed by atoms with Gasteiger partial charge in [0.15, 0.2) is 5.58 Å². The zero-order valence-electron chi connectivity index (χ0n) is 12.0. The monoisotopic (exact) mass is 358 g/mol. The molecule has 0 saturated heterocycles. The van der Waals surface area contributed by atoms with Gasteiger partial charge >= 0.3 is 0 Å². The largest absolute Gasteiger partial charge is 0.438 e. The van der Waals surface area contributed by atoms with E-state index in [1.54, 1.807) is 0 Å². The lowest BCUT2D eigenvalue weighted by atomic mass is 10.1. The molecule has 0 bridgehead atoms. The lowest BCUT2D eigenvalue weighted by molar-refractivity contribution is -0.121. The minimum Gasteiger partial charge on any atom is -0.438 e. The minimum atomic E-state index is -0.268. The Morgan fingerprint density at radius 1 is 1.23 bits per heavy atom. The van der Waals surface area contributed by atoms with E-state index in [1.165, 1.54) is 0 Å². The number of hydrogen-bond donors (Lipinski definition) is 1. The molecule has 3 rings (SSSR count). The maximum Gasteiger partial charge on any atom is 0.225 e. The van der Waals surface area contributed by atoms with Crippen LogP contribution in [-0.4, -0.2) is 10.9 Å². The third kappa shape index (κ3) is 3.36. The molecule has 1 amide bonds. The van der Waals surface area contributed by atoms with Crippen molar-refractivity contribution < 1.29 is 9.21 Å². The smallest absolute Gasteiger partial charge is 0.225 e. The van der Waals surface area contributed by atoms with Crippen LogP contribution in [0.25, 0.3) is 11.1 Å². The molecular weight excluding hydrogens is 344 g/mol. The quantitative estimate of drug-likeness (QED) is 0.766. The van der Waals surface area contributed by atoms with Crippen molar-refractivity contribution in [2.75, 3.05) is 0 Å². The maximum absolute atomic E-state index is 12.1. The molecule has 1 aromatic heterocycles.